The zero-order chi connectivity index (χ0) is 14.7. The van der Waals surface area contributed by atoms with Crippen molar-refractivity contribution in [2.75, 3.05) is 10.7 Å². The van der Waals surface area contributed by atoms with Crippen LogP contribution in [0.1, 0.15) is 27.3 Å². The number of hydrogen-bond acceptors (Lipinski definition) is 5. The zero-order valence-electron chi connectivity index (χ0n) is 11.7. The van der Waals surface area contributed by atoms with E-state index in [4.69, 9.17) is 5.84 Å². The second-order valence-electron chi connectivity index (χ2n) is 4.64. The van der Waals surface area contributed by atoms with E-state index in [-0.39, 0.29) is 17.5 Å². The minimum absolute atomic E-state index is 0.218. The number of nitrogens with one attached hydrogen (secondary N) is 2. The number of rotatable bonds is 3. The van der Waals surface area contributed by atoms with E-state index in [0.29, 0.717) is 5.69 Å². The SMILES string of the molecule is Cc1ccc(NC(=O)c2cc(C)nc(NN)n2)c(C)c1. The minimum Gasteiger partial charge on any atom is -0.320 e. The van der Waals surface area contributed by atoms with Gasteiger partial charge in [-0.15, -0.1) is 0 Å². The molecule has 0 fully saturated rings. The molecule has 0 atom stereocenters. The van der Waals surface area contributed by atoms with E-state index in [9.17, 15) is 4.79 Å². The first-order valence-corrected chi connectivity index (χ1v) is 6.20. The van der Waals surface area contributed by atoms with Gasteiger partial charge in [-0.2, -0.15) is 0 Å². The van der Waals surface area contributed by atoms with Gasteiger partial charge >= 0.3 is 0 Å². The number of amides is 1. The quantitative estimate of drug-likeness (QED) is 0.586. The predicted octanol–water partition coefficient (Wildman–Crippen LogP) is 1.94. The Bertz CT molecular complexity index is 654. The number of hydrazine groups is 1. The summed E-state index contributed by atoms with van der Waals surface area (Å²) in [6.45, 7) is 5.72. The Balaban J connectivity index is 2.26. The molecule has 6 heteroatoms. The number of benzene rings is 1. The van der Waals surface area contributed by atoms with Crippen LogP contribution in [0.5, 0.6) is 0 Å². The van der Waals surface area contributed by atoms with Crippen LogP contribution in [0.3, 0.4) is 0 Å². The average Bonchev–Trinajstić information content (AvgIpc) is 2.41. The lowest BCUT2D eigenvalue weighted by atomic mass is 10.1. The van der Waals surface area contributed by atoms with Crippen LogP contribution >= 0.6 is 0 Å². The Morgan fingerprint density at radius 1 is 1.15 bits per heavy atom. The number of aromatic nitrogens is 2. The lowest BCUT2D eigenvalue weighted by Crippen LogP contribution is -2.18. The summed E-state index contributed by atoms with van der Waals surface area (Å²) < 4.78 is 0. The number of anilines is 2. The maximum atomic E-state index is 12.2. The van der Waals surface area contributed by atoms with E-state index >= 15 is 0 Å². The van der Waals surface area contributed by atoms with E-state index in [0.717, 1.165) is 16.8 Å². The minimum atomic E-state index is -0.293. The van der Waals surface area contributed by atoms with Gasteiger partial charge in [-0.05, 0) is 38.5 Å². The van der Waals surface area contributed by atoms with Crippen LogP contribution in [0.2, 0.25) is 0 Å². The third-order valence-corrected chi connectivity index (χ3v) is 2.85. The Hall–Kier alpha value is -2.47. The largest absolute Gasteiger partial charge is 0.320 e. The molecule has 0 aliphatic heterocycles. The van der Waals surface area contributed by atoms with Gasteiger partial charge in [0, 0.05) is 11.4 Å². The van der Waals surface area contributed by atoms with E-state index in [1.807, 2.05) is 32.0 Å². The van der Waals surface area contributed by atoms with Gasteiger partial charge in [0.25, 0.3) is 5.91 Å². The molecule has 1 heterocycles. The number of nitrogens with two attached hydrogens (primary N) is 1. The molecule has 1 aromatic carbocycles. The van der Waals surface area contributed by atoms with Crippen molar-refractivity contribution in [3.8, 4) is 0 Å². The molecule has 0 bridgehead atoms. The number of hydrogen-bond donors (Lipinski definition) is 3. The van der Waals surface area contributed by atoms with Gasteiger partial charge in [0.2, 0.25) is 5.95 Å². The Kier molecular flexibility index (Phi) is 3.95. The van der Waals surface area contributed by atoms with Crippen molar-refractivity contribution in [3.63, 3.8) is 0 Å². The average molecular weight is 271 g/mol. The zero-order valence-corrected chi connectivity index (χ0v) is 11.7. The van der Waals surface area contributed by atoms with Gasteiger partial charge in [-0.3, -0.25) is 10.2 Å². The Morgan fingerprint density at radius 3 is 2.55 bits per heavy atom. The molecule has 0 saturated heterocycles. The highest BCUT2D eigenvalue weighted by molar-refractivity contribution is 6.03. The fourth-order valence-electron chi connectivity index (χ4n) is 1.89. The molecule has 0 spiro atoms. The van der Waals surface area contributed by atoms with Crippen molar-refractivity contribution in [1.82, 2.24) is 9.97 Å². The van der Waals surface area contributed by atoms with Crippen molar-refractivity contribution < 1.29 is 4.79 Å². The summed E-state index contributed by atoms with van der Waals surface area (Å²) >= 11 is 0. The summed E-state index contributed by atoms with van der Waals surface area (Å²) in [6.07, 6.45) is 0. The van der Waals surface area contributed by atoms with Crippen LogP contribution in [-0.2, 0) is 0 Å². The smallest absolute Gasteiger partial charge is 0.274 e. The second kappa shape index (κ2) is 5.66. The first-order chi connectivity index (χ1) is 9.49. The molecule has 0 aliphatic carbocycles. The molecule has 1 aromatic heterocycles. The van der Waals surface area contributed by atoms with Crippen molar-refractivity contribution in [2.45, 2.75) is 20.8 Å². The van der Waals surface area contributed by atoms with Crippen LogP contribution in [-0.4, -0.2) is 15.9 Å². The summed E-state index contributed by atoms with van der Waals surface area (Å²) in [7, 11) is 0. The van der Waals surface area contributed by atoms with Gasteiger partial charge in [0.05, 0.1) is 0 Å². The Labute approximate surface area is 117 Å². The molecule has 2 rings (SSSR count). The van der Waals surface area contributed by atoms with E-state index in [1.165, 1.54) is 0 Å². The lowest BCUT2D eigenvalue weighted by Gasteiger charge is -2.09. The molecular weight excluding hydrogens is 254 g/mol. The molecule has 4 N–H and O–H groups in total. The van der Waals surface area contributed by atoms with E-state index < -0.39 is 0 Å². The standard InChI is InChI=1S/C14H17N5O/c1-8-4-5-11(9(2)6-8)17-13(20)12-7-10(3)16-14(18-12)19-15/h4-7H,15H2,1-3H3,(H,17,20)(H,16,18,19). The maximum absolute atomic E-state index is 12.2. The lowest BCUT2D eigenvalue weighted by molar-refractivity contribution is 0.102. The summed E-state index contributed by atoms with van der Waals surface area (Å²) in [4.78, 5) is 20.3. The van der Waals surface area contributed by atoms with Gasteiger partial charge < -0.3 is 5.32 Å². The number of carbonyl (C=O) groups is 1. The molecular formula is C14H17N5O. The fourth-order valence-corrected chi connectivity index (χ4v) is 1.89. The molecule has 20 heavy (non-hydrogen) atoms. The summed E-state index contributed by atoms with van der Waals surface area (Å²) in [5.74, 6) is 5.20. The third kappa shape index (κ3) is 3.10. The topological polar surface area (TPSA) is 92.9 Å². The van der Waals surface area contributed by atoms with Crippen molar-refractivity contribution in [2.24, 2.45) is 5.84 Å². The number of aryl methyl sites for hydroxylation is 3. The van der Waals surface area contributed by atoms with Crippen LogP contribution in [0.25, 0.3) is 0 Å². The van der Waals surface area contributed by atoms with Crippen molar-refractivity contribution >= 4 is 17.5 Å². The van der Waals surface area contributed by atoms with Gasteiger partial charge in [0.1, 0.15) is 5.69 Å². The molecule has 1 amide bonds. The van der Waals surface area contributed by atoms with Crippen LogP contribution in [0.4, 0.5) is 11.6 Å². The van der Waals surface area contributed by atoms with Crippen LogP contribution in [0.15, 0.2) is 24.3 Å². The number of nitrogen functional groups attached to an aromatic ring is 1. The van der Waals surface area contributed by atoms with Crippen LogP contribution in [0, 0.1) is 20.8 Å². The van der Waals surface area contributed by atoms with Crippen LogP contribution < -0.4 is 16.6 Å². The first-order valence-electron chi connectivity index (χ1n) is 6.20. The van der Waals surface area contributed by atoms with Crippen molar-refractivity contribution in [1.29, 1.82) is 0 Å². The predicted molar refractivity (Wildman–Crippen MR) is 78.4 cm³/mol. The molecule has 0 unspecified atom stereocenters. The highest BCUT2D eigenvalue weighted by Gasteiger charge is 2.11. The molecule has 104 valence electrons. The second-order valence-corrected chi connectivity index (χ2v) is 4.64. The highest BCUT2D eigenvalue weighted by Crippen LogP contribution is 2.17. The maximum Gasteiger partial charge on any atom is 0.274 e. The molecule has 2 aromatic rings. The monoisotopic (exact) mass is 271 g/mol. The summed E-state index contributed by atoms with van der Waals surface area (Å²) in [6, 6.07) is 7.44. The molecule has 0 saturated carbocycles. The molecule has 0 aliphatic rings. The highest BCUT2D eigenvalue weighted by atomic mass is 16.1. The summed E-state index contributed by atoms with van der Waals surface area (Å²) in [5.41, 5.74) is 6.19. The van der Waals surface area contributed by atoms with E-state index in [1.54, 1.807) is 13.0 Å². The van der Waals surface area contributed by atoms with Gasteiger partial charge in [-0.25, -0.2) is 15.8 Å². The van der Waals surface area contributed by atoms with Gasteiger partial charge in [-0.1, -0.05) is 17.7 Å². The number of nitrogens with zero attached hydrogens (tertiary/aromatic N) is 2. The third-order valence-electron chi connectivity index (χ3n) is 2.85. The fraction of sp³-hybridized carbons (Fsp3) is 0.214. The first kappa shape index (κ1) is 14.0. The Morgan fingerprint density at radius 2 is 1.90 bits per heavy atom. The van der Waals surface area contributed by atoms with Gasteiger partial charge in [0.15, 0.2) is 0 Å². The van der Waals surface area contributed by atoms with E-state index in [2.05, 4.69) is 20.7 Å². The molecule has 0 radical (unpaired) electrons. The van der Waals surface area contributed by atoms with Crippen molar-refractivity contribution in [3.05, 3.63) is 46.8 Å². The summed E-state index contributed by atoms with van der Waals surface area (Å²) in [5, 5.41) is 2.83. The normalized spacial score (nSPS) is 10.2. The molecule has 6 nitrogen and oxygen atoms in total. The number of carbonyl (C=O) groups excluding carboxylic acids is 1.